The first-order valence-corrected chi connectivity index (χ1v) is 8.26. The summed E-state index contributed by atoms with van der Waals surface area (Å²) in [7, 11) is 0. The smallest absolute Gasteiger partial charge is 0.255 e. The molecule has 2 nitrogen and oxygen atoms in total. The van der Waals surface area contributed by atoms with Gasteiger partial charge in [-0.1, -0.05) is 72.8 Å². The summed E-state index contributed by atoms with van der Waals surface area (Å²) in [5, 5.41) is 5.42. The molecule has 0 aliphatic rings. The Morgan fingerprint density at radius 3 is 2.16 bits per heavy atom. The number of nitrogens with one attached hydrogen (secondary N) is 1. The Labute approximate surface area is 146 Å². The second-order valence-electron chi connectivity index (χ2n) is 5.93. The number of hydrogen-bond acceptors (Lipinski definition) is 1. The number of hydrogen-bond donors (Lipinski definition) is 1. The van der Waals surface area contributed by atoms with Gasteiger partial charge in [-0.15, -0.1) is 0 Å². The third kappa shape index (κ3) is 3.15. The summed E-state index contributed by atoms with van der Waals surface area (Å²) in [6.07, 6.45) is 0. The van der Waals surface area contributed by atoms with Crippen molar-refractivity contribution >= 4 is 22.4 Å². The number of benzene rings is 4. The molecule has 1 N–H and O–H groups in total. The predicted molar refractivity (Wildman–Crippen MR) is 104 cm³/mol. The average molecular weight is 323 g/mol. The van der Waals surface area contributed by atoms with E-state index >= 15 is 0 Å². The molecule has 0 spiro atoms. The van der Waals surface area contributed by atoms with Crippen molar-refractivity contribution in [3.63, 3.8) is 0 Å². The summed E-state index contributed by atoms with van der Waals surface area (Å²) >= 11 is 0. The fourth-order valence-electron chi connectivity index (χ4n) is 2.98. The number of carbonyl (C=O) groups is 1. The van der Waals surface area contributed by atoms with Gasteiger partial charge in [-0.05, 0) is 40.6 Å². The molecular formula is C23H17NO. The maximum atomic E-state index is 12.5. The molecule has 4 rings (SSSR count). The number of amides is 1. The Morgan fingerprint density at radius 2 is 1.32 bits per heavy atom. The maximum Gasteiger partial charge on any atom is 0.255 e. The molecule has 0 unspecified atom stereocenters. The highest BCUT2D eigenvalue weighted by molar-refractivity contribution is 6.06. The van der Waals surface area contributed by atoms with Gasteiger partial charge in [0.15, 0.2) is 0 Å². The molecular weight excluding hydrogens is 306 g/mol. The maximum absolute atomic E-state index is 12.5. The molecule has 0 aliphatic heterocycles. The van der Waals surface area contributed by atoms with Gasteiger partial charge in [-0.3, -0.25) is 4.79 Å². The number of carbonyl (C=O) groups excluding carboxylic acids is 1. The lowest BCUT2D eigenvalue weighted by Crippen LogP contribution is -2.12. The van der Waals surface area contributed by atoms with Crippen molar-refractivity contribution in [3.8, 4) is 11.1 Å². The quantitative estimate of drug-likeness (QED) is 0.510. The topological polar surface area (TPSA) is 29.1 Å². The van der Waals surface area contributed by atoms with Crippen molar-refractivity contribution < 1.29 is 4.79 Å². The lowest BCUT2D eigenvalue weighted by Gasteiger charge is -2.12. The number of anilines is 1. The Morgan fingerprint density at radius 1 is 0.640 bits per heavy atom. The van der Waals surface area contributed by atoms with Crippen molar-refractivity contribution in [2.24, 2.45) is 0 Å². The fraction of sp³-hybridized carbons (Fsp3) is 0. The van der Waals surface area contributed by atoms with Gasteiger partial charge in [0.25, 0.3) is 5.91 Å². The van der Waals surface area contributed by atoms with Gasteiger partial charge in [-0.25, -0.2) is 0 Å². The molecule has 0 saturated carbocycles. The predicted octanol–water partition coefficient (Wildman–Crippen LogP) is 5.76. The minimum absolute atomic E-state index is 0.103. The molecule has 0 saturated heterocycles. The third-order valence-corrected chi connectivity index (χ3v) is 4.27. The molecule has 0 atom stereocenters. The second-order valence-corrected chi connectivity index (χ2v) is 5.93. The van der Waals surface area contributed by atoms with Gasteiger partial charge in [0.05, 0.1) is 0 Å². The van der Waals surface area contributed by atoms with E-state index in [-0.39, 0.29) is 5.91 Å². The van der Waals surface area contributed by atoms with E-state index < -0.39 is 0 Å². The highest BCUT2D eigenvalue weighted by Gasteiger charge is 2.10. The molecule has 0 aromatic heterocycles. The highest BCUT2D eigenvalue weighted by Crippen LogP contribution is 2.30. The van der Waals surface area contributed by atoms with Crippen LogP contribution in [0.15, 0.2) is 97.1 Å². The van der Waals surface area contributed by atoms with Crippen LogP contribution in [0.3, 0.4) is 0 Å². The van der Waals surface area contributed by atoms with Crippen molar-refractivity contribution in [1.29, 1.82) is 0 Å². The normalized spacial score (nSPS) is 10.6. The highest BCUT2D eigenvalue weighted by atomic mass is 16.1. The van der Waals surface area contributed by atoms with Crippen LogP contribution < -0.4 is 5.32 Å². The van der Waals surface area contributed by atoms with Crippen LogP contribution in [0.25, 0.3) is 21.9 Å². The Hall–Kier alpha value is -3.39. The van der Waals surface area contributed by atoms with Crippen LogP contribution in [-0.4, -0.2) is 5.91 Å². The fourth-order valence-corrected chi connectivity index (χ4v) is 2.98. The summed E-state index contributed by atoms with van der Waals surface area (Å²) < 4.78 is 0. The zero-order valence-electron chi connectivity index (χ0n) is 13.6. The zero-order valence-corrected chi connectivity index (χ0v) is 13.6. The molecule has 0 fully saturated rings. The van der Waals surface area contributed by atoms with E-state index in [1.54, 1.807) is 0 Å². The van der Waals surface area contributed by atoms with Crippen molar-refractivity contribution in [1.82, 2.24) is 0 Å². The van der Waals surface area contributed by atoms with Crippen molar-refractivity contribution in [2.75, 3.05) is 5.32 Å². The molecule has 0 bridgehead atoms. The van der Waals surface area contributed by atoms with Crippen LogP contribution in [0.1, 0.15) is 10.4 Å². The van der Waals surface area contributed by atoms with E-state index in [4.69, 9.17) is 0 Å². The summed E-state index contributed by atoms with van der Waals surface area (Å²) in [5.41, 5.74) is 3.56. The van der Waals surface area contributed by atoms with Crippen molar-refractivity contribution in [3.05, 3.63) is 103 Å². The molecule has 4 aromatic rings. The largest absolute Gasteiger partial charge is 0.321 e. The first kappa shape index (κ1) is 15.2. The average Bonchev–Trinajstić information content (AvgIpc) is 2.69. The van der Waals surface area contributed by atoms with Crippen LogP contribution in [0.2, 0.25) is 0 Å². The summed E-state index contributed by atoms with van der Waals surface area (Å²) in [6, 6.07) is 31.8. The molecule has 120 valence electrons. The van der Waals surface area contributed by atoms with Crippen molar-refractivity contribution in [2.45, 2.75) is 0 Å². The third-order valence-electron chi connectivity index (χ3n) is 4.27. The minimum atomic E-state index is -0.103. The van der Waals surface area contributed by atoms with Crippen LogP contribution in [0.4, 0.5) is 5.69 Å². The van der Waals surface area contributed by atoms with E-state index in [1.807, 2.05) is 66.7 Å². The van der Waals surface area contributed by atoms with Gasteiger partial charge in [0.2, 0.25) is 0 Å². The van der Waals surface area contributed by atoms with Gasteiger partial charge >= 0.3 is 0 Å². The molecule has 0 heterocycles. The Kier molecular flexibility index (Phi) is 4.01. The molecule has 2 heteroatoms. The zero-order chi connectivity index (χ0) is 17.1. The van der Waals surface area contributed by atoms with Gasteiger partial charge in [0, 0.05) is 16.8 Å². The van der Waals surface area contributed by atoms with Crippen LogP contribution in [0.5, 0.6) is 0 Å². The number of fused-ring (bicyclic) bond motifs is 1. The Balaban J connectivity index is 1.72. The Bertz CT molecular complexity index is 1040. The molecule has 0 radical (unpaired) electrons. The summed E-state index contributed by atoms with van der Waals surface area (Å²) in [4.78, 5) is 12.5. The van der Waals surface area contributed by atoms with E-state index in [0.717, 1.165) is 16.8 Å². The molecule has 4 aromatic carbocycles. The van der Waals surface area contributed by atoms with Crippen LogP contribution in [-0.2, 0) is 0 Å². The lowest BCUT2D eigenvalue weighted by molar-refractivity contribution is 0.102. The summed E-state index contributed by atoms with van der Waals surface area (Å²) in [5.74, 6) is -0.103. The van der Waals surface area contributed by atoms with E-state index in [9.17, 15) is 4.79 Å². The van der Waals surface area contributed by atoms with E-state index in [0.29, 0.717) is 5.56 Å². The minimum Gasteiger partial charge on any atom is -0.321 e. The SMILES string of the molecule is O=C(Nc1ccccc1-c1ccc2ccccc2c1)c1ccccc1. The van der Waals surface area contributed by atoms with Crippen LogP contribution in [0, 0.1) is 0 Å². The van der Waals surface area contributed by atoms with Crippen LogP contribution >= 0.6 is 0 Å². The van der Waals surface area contributed by atoms with E-state index in [2.05, 4.69) is 35.6 Å². The first-order chi connectivity index (χ1) is 12.3. The number of para-hydroxylation sites is 1. The van der Waals surface area contributed by atoms with Gasteiger partial charge < -0.3 is 5.32 Å². The lowest BCUT2D eigenvalue weighted by atomic mass is 9.99. The molecule has 0 aliphatic carbocycles. The van der Waals surface area contributed by atoms with E-state index in [1.165, 1.54) is 10.8 Å². The molecule has 1 amide bonds. The molecule has 25 heavy (non-hydrogen) atoms. The second kappa shape index (κ2) is 6.62. The number of rotatable bonds is 3. The summed E-state index contributed by atoms with van der Waals surface area (Å²) in [6.45, 7) is 0. The van der Waals surface area contributed by atoms with Gasteiger partial charge in [0.1, 0.15) is 0 Å². The van der Waals surface area contributed by atoms with Gasteiger partial charge in [-0.2, -0.15) is 0 Å². The standard InChI is InChI=1S/C23H17NO/c25-23(18-9-2-1-3-10-18)24-22-13-7-6-12-21(22)20-15-14-17-8-4-5-11-19(17)16-20/h1-16H,(H,24,25). The first-order valence-electron chi connectivity index (χ1n) is 8.26. The monoisotopic (exact) mass is 323 g/mol.